The van der Waals surface area contributed by atoms with E-state index in [4.69, 9.17) is 9.40 Å². The normalized spacial score (nSPS) is 11.3. The molecule has 0 saturated heterocycles. The number of nitrogens with zero attached hydrogens (tertiary/aromatic N) is 1. The van der Waals surface area contributed by atoms with Crippen molar-refractivity contribution >= 4 is 21.9 Å². The van der Waals surface area contributed by atoms with Crippen LogP contribution in [0.3, 0.4) is 0 Å². The number of para-hydroxylation sites is 1. The van der Waals surface area contributed by atoms with Crippen LogP contribution in [0.1, 0.15) is 11.1 Å². The molecule has 0 aliphatic rings. The number of fused-ring (bicyclic) bond motifs is 3. The van der Waals surface area contributed by atoms with Crippen LogP contribution in [0.15, 0.2) is 59.2 Å². The summed E-state index contributed by atoms with van der Waals surface area (Å²) in [6, 6.07) is 16.6. The minimum absolute atomic E-state index is 0.912. The summed E-state index contributed by atoms with van der Waals surface area (Å²) in [5.41, 5.74) is 6.51. The number of hydrogen-bond acceptors (Lipinski definition) is 2. The molecular weight excluding hydrogens is 258 g/mol. The standard InChI is InChI=1S/C19H15NO/c1-12-9-13(2)11-14(10-12)18-16-7-8-21-19(16)15-5-3-4-6-17(15)20-18/h3-11H,1-2H3. The van der Waals surface area contributed by atoms with E-state index in [9.17, 15) is 0 Å². The number of pyridine rings is 1. The van der Waals surface area contributed by atoms with Crippen LogP contribution in [0, 0.1) is 13.8 Å². The summed E-state index contributed by atoms with van der Waals surface area (Å²) in [5.74, 6) is 0. The van der Waals surface area contributed by atoms with Crippen molar-refractivity contribution in [1.29, 1.82) is 0 Å². The van der Waals surface area contributed by atoms with E-state index in [-0.39, 0.29) is 0 Å². The third-order valence-electron chi connectivity index (χ3n) is 3.80. The minimum Gasteiger partial charge on any atom is -0.464 e. The average Bonchev–Trinajstić information content (AvgIpc) is 2.95. The lowest BCUT2D eigenvalue weighted by Gasteiger charge is -2.08. The minimum atomic E-state index is 0.912. The number of benzene rings is 2. The van der Waals surface area contributed by atoms with Gasteiger partial charge in [0.25, 0.3) is 0 Å². The van der Waals surface area contributed by atoms with Gasteiger partial charge in [-0.15, -0.1) is 0 Å². The second-order valence-corrected chi connectivity index (χ2v) is 5.52. The van der Waals surface area contributed by atoms with Crippen molar-refractivity contribution in [2.75, 3.05) is 0 Å². The third kappa shape index (κ3) is 1.91. The van der Waals surface area contributed by atoms with E-state index in [0.717, 1.165) is 33.1 Å². The van der Waals surface area contributed by atoms with Crippen molar-refractivity contribution in [3.63, 3.8) is 0 Å². The first-order valence-corrected chi connectivity index (χ1v) is 7.07. The number of rotatable bonds is 1. The molecule has 0 aliphatic heterocycles. The largest absolute Gasteiger partial charge is 0.464 e. The first kappa shape index (κ1) is 12.2. The molecule has 4 rings (SSSR count). The molecule has 2 heterocycles. The summed E-state index contributed by atoms with van der Waals surface area (Å²) in [7, 11) is 0. The van der Waals surface area contributed by atoms with Crippen molar-refractivity contribution in [2.24, 2.45) is 0 Å². The molecule has 2 aromatic carbocycles. The fraction of sp³-hybridized carbons (Fsp3) is 0.105. The highest BCUT2D eigenvalue weighted by Gasteiger charge is 2.12. The molecule has 4 aromatic rings. The van der Waals surface area contributed by atoms with Gasteiger partial charge in [-0.1, -0.05) is 29.3 Å². The molecule has 0 unspecified atom stereocenters. The van der Waals surface area contributed by atoms with Gasteiger partial charge in [-0.2, -0.15) is 0 Å². The van der Waals surface area contributed by atoms with Crippen LogP contribution < -0.4 is 0 Å². The van der Waals surface area contributed by atoms with Crippen molar-refractivity contribution in [3.05, 3.63) is 65.9 Å². The monoisotopic (exact) mass is 273 g/mol. The molecular formula is C19H15NO. The highest BCUT2D eigenvalue weighted by atomic mass is 16.3. The van der Waals surface area contributed by atoms with E-state index in [0.29, 0.717) is 0 Å². The Morgan fingerprint density at radius 3 is 2.43 bits per heavy atom. The van der Waals surface area contributed by atoms with E-state index in [1.807, 2.05) is 24.3 Å². The lowest BCUT2D eigenvalue weighted by molar-refractivity contribution is 0.619. The molecule has 0 bridgehead atoms. The first-order valence-electron chi connectivity index (χ1n) is 7.07. The number of aryl methyl sites for hydroxylation is 2. The summed E-state index contributed by atoms with van der Waals surface area (Å²) in [5, 5.41) is 2.13. The van der Waals surface area contributed by atoms with Crippen LogP contribution in [0.25, 0.3) is 33.1 Å². The smallest absolute Gasteiger partial charge is 0.145 e. The van der Waals surface area contributed by atoms with Crippen LogP contribution in [-0.4, -0.2) is 4.98 Å². The molecule has 0 spiro atoms. The number of aromatic nitrogens is 1. The zero-order valence-corrected chi connectivity index (χ0v) is 12.1. The molecule has 0 fully saturated rings. The van der Waals surface area contributed by atoms with Gasteiger partial charge in [0.05, 0.1) is 17.5 Å². The maximum Gasteiger partial charge on any atom is 0.145 e. The second kappa shape index (κ2) is 4.45. The summed E-state index contributed by atoms with van der Waals surface area (Å²) in [4.78, 5) is 4.87. The average molecular weight is 273 g/mol. The Kier molecular flexibility index (Phi) is 2.58. The SMILES string of the molecule is Cc1cc(C)cc(-c2nc3ccccc3c3occc23)c1. The Morgan fingerprint density at radius 1 is 0.857 bits per heavy atom. The van der Waals surface area contributed by atoms with E-state index in [1.165, 1.54) is 11.1 Å². The van der Waals surface area contributed by atoms with Crippen LogP contribution in [0.4, 0.5) is 0 Å². The molecule has 0 radical (unpaired) electrons. The topological polar surface area (TPSA) is 26.0 Å². The van der Waals surface area contributed by atoms with Crippen LogP contribution in [0.2, 0.25) is 0 Å². The second-order valence-electron chi connectivity index (χ2n) is 5.52. The van der Waals surface area contributed by atoms with Gasteiger partial charge >= 0.3 is 0 Å². The maximum atomic E-state index is 5.71. The van der Waals surface area contributed by atoms with E-state index >= 15 is 0 Å². The zero-order chi connectivity index (χ0) is 14.4. The predicted molar refractivity (Wildman–Crippen MR) is 86.4 cm³/mol. The van der Waals surface area contributed by atoms with Crippen molar-refractivity contribution in [1.82, 2.24) is 4.98 Å². The van der Waals surface area contributed by atoms with Gasteiger partial charge in [0.1, 0.15) is 5.58 Å². The molecule has 0 atom stereocenters. The van der Waals surface area contributed by atoms with Gasteiger partial charge in [0.2, 0.25) is 0 Å². The Morgan fingerprint density at radius 2 is 1.62 bits per heavy atom. The fourth-order valence-electron chi connectivity index (χ4n) is 2.98. The van der Waals surface area contributed by atoms with Crippen molar-refractivity contribution in [3.8, 4) is 11.3 Å². The Hall–Kier alpha value is -2.61. The quantitative estimate of drug-likeness (QED) is 0.472. The third-order valence-corrected chi connectivity index (χ3v) is 3.80. The van der Waals surface area contributed by atoms with E-state index in [1.54, 1.807) is 6.26 Å². The van der Waals surface area contributed by atoms with Gasteiger partial charge in [-0.05, 0) is 44.2 Å². The first-order chi connectivity index (χ1) is 10.2. The Bertz CT molecular complexity index is 946. The van der Waals surface area contributed by atoms with Crippen molar-refractivity contribution < 1.29 is 4.42 Å². The van der Waals surface area contributed by atoms with Gasteiger partial charge in [0, 0.05) is 16.3 Å². The molecule has 2 nitrogen and oxygen atoms in total. The van der Waals surface area contributed by atoms with Gasteiger partial charge in [-0.25, -0.2) is 4.98 Å². The highest BCUT2D eigenvalue weighted by Crippen LogP contribution is 2.33. The predicted octanol–water partition coefficient (Wildman–Crippen LogP) is 5.26. The van der Waals surface area contributed by atoms with E-state index < -0.39 is 0 Å². The molecule has 21 heavy (non-hydrogen) atoms. The van der Waals surface area contributed by atoms with Crippen molar-refractivity contribution in [2.45, 2.75) is 13.8 Å². The molecule has 2 aromatic heterocycles. The summed E-state index contributed by atoms with van der Waals surface area (Å²) in [6.07, 6.45) is 1.74. The summed E-state index contributed by atoms with van der Waals surface area (Å²) >= 11 is 0. The van der Waals surface area contributed by atoms with E-state index in [2.05, 4.69) is 38.1 Å². The number of furan rings is 1. The summed E-state index contributed by atoms with van der Waals surface area (Å²) in [6.45, 7) is 4.23. The number of hydrogen-bond donors (Lipinski definition) is 0. The molecule has 0 aliphatic carbocycles. The molecule has 102 valence electrons. The zero-order valence-electron chi connectivity index (χ0n) is 12.1. The molecule has 2 heteroatoms. The van der Waals surface area contributed by atoms with Gasteiger partial charge in [-0.3, -0.25) is 0 Å². The molecule has 0 amide bonds. The fourth-order valence-corrected chi connectivity index (χ4v) is 2.98. The molecule has 0 saturated carbocycles. The van der Waals surface area contributed by atoms with Crippen LogP contribution in [-0.2, 0) is 0 Å². The van der Waals surface area contributed by atoms with Gasteiger partial charge in [0.15, 0.2) is 0 Å². The van der Waals surface area contributed by atoms with Crippen LogP contribution in [0.5, 0.6) is 0 Å². The lowest BCUT2D eigenvalue weighted by atomic mass is 10.0. The highest BCUT2D eigenvalue weighted by molar-refractivity contribution is 6.07. The summed E-state index contributed by atoms with van der Waals surface area (Å²) < 4.78 is 5.71. The van der Waals surface area contributed by atoms with Gasteiger partial charge < -0.3 is 4.42 Å². The Balaban J connectivity index is 2.13. The lowest BCUT2D eigenvalue weighted by Crippen LogP contribution is -1.89. The Labute approximate surface area is 123 Å². The maximum absolute atomic E-state index is 5.71. The molecule has 0 N–H and O–H groups in total. The van der Waals surface area contributed by atoms with Crippen LogP contribution >= 0.6 is 0 Å².